The van der Waals surface area contributed by atoms with Gasteiger partial charge in [0.15, 0.2) is 17.3 Å². The van der Waals surface area contributed by atoms with Crippen molar-refractivity contribution in [2.45, 2.75) is 25.7 Å². The zero-order valence-corrected chi connectivity index (χ0v) is 17.3. The number of hydrogen-bond acceptors (Lipinski definition) is 6. The number of likely N-dealkylation sites (N-methyl/N-ethyl adjacent to an activating group) is 1. The fourth-order valence-electron chi connectivity index (χ4n) is 3.60. The van der Waals surface area contributed by atoms with Gasteiger partial charge in [0.05, 0.1) is 18.7 Å². The molecule has 0 saturated carbocycles. The van der Waals surface area contributed by atoms with E-state index in [1.807, 2.05) is 27.1 Å². The Morgan fingerprint density at radius 2 is 2.00 bits per heavy atom. The number of Topliss-reactive ketones (excluding diaryl/α,β-unsaturated/α-hetero) is 1. The molecule has 29 heavy (non-hydrogen) atoms. The van der Waals surface area contributed by atoms with Gasteiger partial charge in [0, 0.05) is 24.1 Å². The van der Waals surface area contributed by atoms with Crippen molar-refractivity contribution >= 4 is 5.78 Å². The van der Waals surface area contributed by atoms with Crippen molar-refractivity contribution in [1.29, 1.82) is 5.26 Å². The van der Waals surface area contributed by atoms with E-state index in [2.05, 4.69) is 11.0 Å². The number of nitrogens with zero attached hydrogens (tertiary/aromatic N) is 2. The van der Waals surface area contributed by atoms with Gasteiger partial charge >= 0.3 is 0 Å². The molecule has 3 rings (SSSR count). The van der Waals surface area contributed by atoms with Gasteiger partial charge in [-0.05, 0) is 50.2 Å². The molecule has 0 bridgehead atoms. The first-order valence-electron chi connectivity index (χ1n) is 9.62. The molecular weight excluding hydrogens is 368 g/mol. The van der Waals surface area contributed by atoms with Gasteiger partial charge in [-0.2, -0.15) is 5.26 Å². The molecule has 0 N–H and O–H groups in total. The summed E-state index contributed by atoms with van der Waals surface area (Å²) in [6.45, 7) is 3.06. The second-order valence-electron chi connectivity index (χ2n) is 7.49. The summed E-state index contributed by atoms with van der Waals surface area (Å²) >= 11 is 0. The standard InChI is InChI=1S/C23H26N2O4/c1-15(11-19(26)17-7-5-16(13-24)6-8-17)21-18(9-10-25(2)3)12-20-22(23(21)27-4)29-14-28-20/h5-8,12,15H,9-11,14H2,1-4H3. The van der Waals surface area contributed by atoms with Crippen LogP contribution in [0.2, 0.25) is 0 Å². The summed E-state index contributed by atoms with van der Waals surface area (Å²) in [5.74, 6) is 1.90. The Hall–Kier alpha value is -3.04. The minimum absolute atomic E-state index is 0.0280. The zero-order chi connectivity index (χ0) is 21.0. The van der Waals surface area contributed by atoms with Gasteiger partial charge < -0.3 is 19.1 Å². The van der Waals surface area contributed by atoms with E-state index in [1.54, 1.807) is 31.4 Å². The SMILES string of the molecule is COc1c2c(cc(CCN(C)C)c1C(C)CC(=O)c1ccc(C#N)cc1)OCO2. The lowest BCUT2D eigenvalue weighted by atomic mass is 9.87. The topological polar surface area (TPSA) is 71.8 Å². The maximum absolute atomic E-state index is 12.9. The van der Waals surface area contributed by atoms with E-state index in [1.165, 1.54) is 0 Å². The first-order valence-corrected chi connectivity index (χ1v) is 9.62. The van der Waals surface area contributed by atoms with Crippen LogP contribution in [0, 0.1) is 11.3 Å². The maximum Gasteiger partial charge on any atom is 0.231 e. The van der Waals surface area contributed by atoms with E-state index in [-0.39, 0.29) is 18.5 Å². The molecule has 0 aromatic heterocycles. The molecule has 1 heterocycles. The zero-order valence-electron chi connectivity index (χ0n) is 17.3. The van der Waals surface area contributed by atoms with Crippen molar-refractivity contribution in [1.82, 2.24) is 4.90 Å². The number of rotatable bonds is 8. The predicted molar refractivity (Wildman–Crippen MR) is 110 cm³/mol. The number of ketones is 1. The average Bonchev–Trinajstić information content (AvgIpc) is 3.19. The number of methoxy groups -OCH3 is 1. The molecule has 152 valence electrons. The Balaban J connectivity index is 1.92. The highest BCUT2D eigenvalue weighted by Gasteiger charge is 2.28. The Bertz CT molecular complexity index is 929. The number of carbonyl (C=O) groups excluding carboxylic acids is 1. The van der Waals surface area contributed by atoms with E-state index in [4.69, 9.17) is 19.5 Å². The van der Waals surface area contributed by atoms with Crippen molar-refractivity contribution in [3.63, 3.8) is 0 Å². The largest absolute Gasteiger partial charge is 0.492 e. The van der Waals surface area contributed by atoms with E-state index in [9.17, 15) is 4.79 Å². The minimum atomic E-state index is -0.0697. The third kappa shape index (κ3) is 4.52. The fraction of sp³-hybridized carbons (Fsp3) is 0.391. The first-order chi connectivity index (χ1) is 13.9. The number of ether oxygens (including phenoxy) is 3. The van der Waals surface area contributed by atoms with Gasteiger partial charge in [0.25, 0.3) is 0 Å². The molecule has 6 nitrogen and oxygen atoms in total. The quantitative estimate of drug-likeness (QED) is 0.635. The highest BCUT2D eigenvalue weighted by molar-refractivity contribution is 5.96. The van der Waals surface area contributed by atoms with Crippen LogP contribution in [0.3, 0.4) is 0 Å². The molecule has 1 aliphatic heterocycles. The highest BCUT2D eigenvalue weighted by atomic mass is 16.7. The molecule has 0 amide bonds. The molecule has 1 aliphatic rings. The maximum atomic E-state index is 12.9. The van der Waals surface area contributed by atoms with E-state index >= 15 is 0 Å². The molecule has 1 unspecified atom stereocenters. The van der Waals surface area contributed by atoms with E-state index in [0.717, 1.165) is 24.1 Å². The third-order valence-corrected chi connectivity index (χ3v) is 5.10. The number of nitriles is 1. The first kappa shape index (κ1) is 20.7. The van der Waals surface area contributed by atoms with Gasteiger partial charge in [-0.3, -0.25) is 4.79 Å². The predicted octanol–water partition coefficient (Wildman–Crippen LogP) is 3.78. The molecule has 0 radical (unpaired) electrons. The van der Waals surface area contributed by atoms with Crippen LogP contribution in [0.5, 0.6) is 17.2 Å². The van der Waals surface area contributed by atoms with Crippen molar-refractivity contribution in [3.05, 3.63) is 52.6 Å². The van der Waals surface area contributed by atoms with Crippen molar-refractivity contribution < 1.29 is 19.0 Å². The fourth-order valence-corrected chi connectivity index (χ4v) is 3.60. The smallest absolute Gasteiger partial charge is 0.231 e. The van der Waals surface area contributed by atoms with Gasteiger partial charge in [0.1, 0.15) is 0 Å². The molecular formula is C23H26N2O4. The van der Waals surface area contributed by atoms with Crippen LogP contribution in [0.15, 0.2) is 30.3 Å². The van der Waals surface area contributed by atoms with E-state index < -0.39 is 0 Å². The average molecular weight is 394 g/mol. The van der Waals surface area contributed by atoms with E-state index in [0.29, 0.717) is 34.8 Å². The lowest BCUT2D eigenvalue weighted by Crippen LogP contribution is -2.17. The van der Waals surface area contributed by atoms with Gasteiger partial charge in [0.2, 0.25) is 12.5 Å². The Labute approximate surface area is 171 Å². The Morgan fingerprint density at radius 3 is 2.62 bits per heavy atom. The number of hydrogen-bond donors (Lipinski definition) is 0. The lowest BCUT2D eigenvalue weighted by Gasteiger charge is -2.22. The Morgan fingerprint density at radius 1 is 1.28 bits per heavy atom. The molecule has 2 aromatic carbocycles. The number of fused-ring (bicyclic) bond motifs is 1. The van der Waals surface area contributed by atoms with Crippen LogP contribution >= 0.6 is 0 Å². The van der Waals surface area contributed by atoms with Gasteiger partial charge in [-0.25, -0.2) is 0 Å². The summed E-state index contributed by atoms with van der Waals surface area (Å²) in [4.78, 5) is 15.0. The second kappa shape index (κ2) is 8.97. The summed E-state index contributed by atoms with van der Waals surface area (Å²) < 4.78 is 16.9. The van der Waals surface area contributed by atoms with Crippen LogP contribution in [0.4, 0.5) is 0 Å². The minimum Gasteiger partial charge on any atom is -0.492 e. The summed E-state index contributed by atoms with van der Waals surface area (Å²) in [5, 5.41) is 8.94. The highest BCUT2D eigenvalue weighted by Crippen LogP contribution is 2.48. The molecule has 6 heteroatoms. The number of carbonyl (C=O) groups is 1. The third-order valence-electron chi connectivity index (χ3n) is 5.10. The summed E-state index contributed by atoms with van der Waals surface area (Å²) in [7, 11) is 5.68. The van der Waals surface area contributed by atoms with Crippen molar-refractivity contribution in [3.8, 4) is 23.3 Å². The molecule has 0 aliphatic carbocycles. The molecule has 0 saturated heterocycles. The second-order valence-corrected chi connectivity index (χ2v) is 7.49. The van der Waals surface area contributed by atoms with Crippen molar-refractivity contribution in [2.24, 2.45) is 0 Å². The van der Waals surface area contributed by atoms with Crippen LogP contribution < -0.4 is 14.2 Å². The van der Waals surface area contributed by atoms with Crippen LogP contribution in [-0.2, 0) is 6.42 Å². The normalized spacial score (nSPS) is 13.2. The molecule has 0 fully saturated rings. The molecule has 2 aromatic rings. The summed E-state index contributed by atoms with van der Waals surface area (Å²) in [5.41, 5.74) is 3.23. The van der Waals surface area contributed by atoms with Crippen LogP contribution in [0.1, 0.15) is 46.3 Å². The Kier molecular flexibility index (Phi) is 6.40. The van der Waals surface area contributed by atoms with Crippen LogP contribution in [0.25, 0.3) is 0 Å². The molecule has 0 spiro atoms. The van der Waals surface area contributed by atoms with Crippen molar-refractivity contribution in [2.75, 3.05) is 34.5 Å². The monoisotopic (exact) mass is 394 g/mol. The summed E-state index contributed by atoms with van der Waals surface area (Å²) in [6.07, 6.45) is 1.14. The van der Waals surface area contributed by atoms with Crippen LogP contribution in [-0.4, -0.2) is 45.2 Å². The summed E-state index contributed by atoms with van der Waals surface area (Å²) in [6, 6.07) is 10.8. The lowest BCUT2D eigenvalue weighted by molar-refractivity contribution is 0.0975. The van der Waals surface area contributed by atoms with Gasteiger partial charge in [-0.15, -0.1) is 0 Å². The molecule has 1 atom stereocenters. The number of benzene rings is 2. The van der Waals surface area contributed by atoms with Gasteiger partial charge in [-0.1, -0.05) is 19.1 Å².